The summed E-state index contributed by atoms with van der Waals surface area (Å²) in [5.74, 6) is 0.199. The van der Waals surface area contributed by atoms with E-state index in [-0.39, 0.29) is 17.3 Å². The van der Waals surface area contributed by atoms with Crippen LogP contribution < -0.4 is 10.5 Å². The molecule has 100 valence electrons. The van der Waals surface area contributed by atoms with Gasteiger partial charge in [-0.25, -0.2) is 0 Å². The molecule has 0 aromatic carbocycles. The minimum atomic E-state index is -0.167. The molecule has 0 aliphatic rings. The first-order valence-corrected chi connectivity index (χ1v) is 5.48. The number of ether oxygens (including phenoxy) is 1. The predicted molar refractivity (Wildman–Crippen MR) is 67.8 cm³/mol. The maximum Gasteiger partial charge on any atom is 0.244 e. The Morgan fingerprint density at radius 1 is 1.56 bits per heavy atom. The highest BCUT2D eigenvalue weighted by molar-refractivity contribution is 5.98. The highest BCUT2D eigenvalue weighted by Gasteiger charge is 2.22. The van der Waals surface area contributed by atoms with Gasteiger partial charge in [-0.1, -0.05) is 5.16 Å². The molecule has 0 spiro atoms. The van der Waals surface area contributed by atoms with Crippen molar-refractivity contribution in [2.45, 2.75) is 19.4 Å². The van der Waals surface area contributed by atoms with Gasteiger partial charge < -0.3 is 20.6 Å². The SMILES string of the molecule is CN(C)C(C)(C)COc1nnccc1/C(N)=N/O. The fourth-order valence-corrected chi connectivity index (χ4v) is 1.05. The monoisotopic (exact) mass is 253 g/mol. The summed E-state index contributed by atoms with van der Waals surface area (Å²) in [5.41, 5.74) is 5.79. The molecule has 7 nitrogen and oxygen atoms in total. The molecule has 0 aliphatic heterocycles. The smallest absolute Gasteiger partial charge is 0.244 e. The van der Waals surface area contributed by atoms with Gasteiger partial charge in [-0.2, -0.15) is 5.10 Å². The van der Waals surface area contributed by atoms with Gasteiger partial charge in [0.25, 0.3) is 0 Å². The lowest BCUT2D eigenvalue weighted by atomic mass is 10.1. The summed E-state index contributed by atoms with van der Waals surface area (Å²) < 4.78 is 5.60. The van der Waals surface area contributed by atoms with Gasteiger partial charge in [-0.3, -0.25) is 0 Å². The van der Waals surface area contributed by atoms with E-state index in [1.807, 2.05) is 32.8 Å². The van der Waals surface area contributed by atoms with Crippen LogP contribution in [0.3, 0.4) is 0 Å². The molecule has 0 amide bonds. The van der Waals surface area contributed by atoms with Gasteiger partial charge in [0.2, 0.25) is 5.88 Å². The molecule has 1 rings (SSSR count). The first kappa shape index (κ1) is 14.2. The molecular weight excluding hydrogens is 234 g/mol. The highest BCUT2D eigenvalue weighted by atomic mass is 16.5. The van der Waals surface area contributed by atoms with Crippen molar-refractivity contribution in [2.75, 3.05) is 20.7 Å². The van der Waals surface area contributed by atoms with Crippen molar-refractivity contribution in [3.05, 3.63) is 17.8 Å². The number of hydrogen-bond acceptors (Lipinski definition) is 6. The second kappa shape index (κ2) is 5.63. The molecule has 0 aliphatic carbocycles. The second-order valence-electron chi connectivity index (χ2n) is 4.73. The van der Waals surface area contributed by atoms with Gasteiger partial charge in [0.05, 0.1) is 11.8 Å². The number of oxime groups is 1. The standard InChI is InChI=1S/C11H19N5O2/c1-11(2,16(3)4)7-18-10-8(9(12)15-17)5-6-13-14-10/h5-6,17H,7H2,1-4H3,(H2,12,15). The topological polar surface area (TPSA) is 96.9 Å². The maximum absolute atomic E-state index is 8.68. The summed E-state index contributed by atoms with van der Waals surface area (Å²) >= 11 is 0. The third kappa shape index (κ3) is 3.30. The zero-order valence-corrected chi connectivity index (χ0v) is 11.1. The van der Waals surface area contributed by atoms with Gasteiger partial charge in [-0.05, 0) is 34.0 Å². The molecular formula is C11H19N5O2. The van der Waals surface area contributed by atoms with Crippen LogP contribution in [0, 0.1) is 0 Å². The number of likely N-dealkylation sites (N-methyl/N-ethyl adjacent to an activating group) is 1. The molecule has 0 radical (unpaired) electrons. The Morgan fingerprint density at radius 3 is 2.78 bits per heavy atom. The number of hydrogen-bond donors (Lipinski definition) is 2. The summed E-state index contributed by atoms with van der Waals surface area (Å²) in [6, 6.07) is 1.58. The molecule has 1 heterocycles. The lowest BCUT2D eigenvalue weighted by Gasteiger charge is -2.31. The minimum Gasteiger partial charge on any atom is -0.474 e. The predicted octanol–water partition coefficient (Wildman–Crippen LogP) is 0.290. The van der Waals surface area contributed by atoms with Crippen LogP contribution in [0.4, 0.5) is 0 Å². The largest absolute Gasteiger partial charge is 0.474 e. The minimum absolute atomic E-state index is 0.0532. The Labute approximate surface area is 106 Å². The average molecular weight is 253 g/mol. The number of rotatable bonds is 5. The van der Waals surface area contributed by atoms with Crippen molar-refractivity contribution in [3.8, 4) is 5.88 Å². The normalized spacial score (nSPS) is 12.8. The van der Waals surface area contributed by atoms with E-state index in [4.69, 9.17) is 15.7 Å². The molecule has 0 bridgehead atoms. The molecule has 0 atom stereocenters. The maximum atomic E-state index is 8.68. The third-order valence-corrected chi connectivity index (χ3v) is 2.84. The molecule has 0 fully saturated rings. The summed E-state index contributed by atoms with van der Waals surface area (Å²) in [5, 5.41) is 19.2. The van der Waals surface area contributed by atoms with E-state index in [0.717, 1.165) is 0 Å². The summed E-state index contributed by atoms with van der Waals surface area (Å²) in [7, 11) is 3.93. The van der Waals surface area contributed by atoms with Crippen molar-refractivity contribution in [1.29, 1.82) is 0 Å². The van der Waals surface area contributed by atoms with E-state index < -0.39 is 0 Å². The summed E-state index contributed by atoms with van der Waals surface area (Å²) in [6.45, 7) is 4.48. The van der Waals surface area contributed by atoms with Crippen LogP contribution in [0.25, 0.3) is 0 Å². The average Bonchev–Trinajstić information content (AvgIpc) is 2.35. The lowest BCUT2D eigenvalue weighted by molar-refractivity contribution is 0.110. The number of nitrogens with two attached hydrogens (primary N) is 1. The molecule has 3 N–H and O–H groups in total. The molecule has 0 saturated carbocycles. The molecule has 18 heavy (non-hydrogen) atoms. The van der Waals surface area contributed by atoms with Crippen LogP contribution in [0.1, 0.15) is 19.4 Å². The van der Waals surface area contributed by atoms with Gasteiger partial charge >= 0.3 is 0 Å². The first-order valence-electron chi connectivity index (χ1n) is 5.48. The van der Waals surface area contributed by atoms with Crippen molar-refractivity contribution in [3.63, 3.8) is 0 Å². The third-order valence-electron chi connectivity index (χ3n) is 2.84. The Hall–Kier alpha value is -1.89. The van der Waals surface area contributed by atoms with E-state index in [1.165, 1.54) is 6.20 Å². The van der Waals surface area contributed by atoms with Gasteiger partial charge in [0.15, 0.2) is 5.84 Å². The Bertz CT molecular complexity index is 431. The molecule has 0 unspecified atom stereocenters. The fourth-order valence-electron chi connectivity index (χ4n) is 1.05. The number of nitrogens with zero attached hydrogens (tertiary/aromatic N) is 4. The Morgan fingerprint density at radius 2 is 2.22 bits per heavy atom. The molecule has 1 aromatic rings. The van der Waals surface area contributed by atoms with Crippen LogP contribution in [0.5, 0.6) is 5.88 Å². The zero-order valence-electron chi connectivity index (χ0n) is 11.1. The van der Waals surface area contributed by atoms with Crippen molar-refractivity contribution < 1.29 is 9.94 Å². The quantitative estimate of drug-likeness (QED) is 0.339. The van der Waals surface area contributed by atoms with Crippen LogP contribution in [-0.2, 0) is 0 Å². The molecule has 7 heteroatoms. The van der Waals surface area contributed by atoms with E-state index >= 15 is 0 Å². The second-order valence-corrected chi connectivity index (χ2v) is 4.73. The Kier molecular flexibility index (Phi) is 4.43. The van der Waals surface area contributed by atoms with Crippen LogP contribution in [-0.4, -0.2) is 52.4 Å². The number of amidine groups is 1. The number of aromatic nitrogens is 2. The van der Waals surface area contributed by atoms with E-state index in [0.29, 0.717) is 12.2 Å². The van der Waals surface area contributed by atoms with Crippen LogP contribution in [0.15, 0.2) is 17.4 Å². The summed E-state index contributed by atoms with van der Waals surface area (Å²) in [6.07, 6.45) is 1.46. The first-order chi connectivity index (χ1) is 8.38. The Balaban J connectivity index is 2.86. The fraction of sp³-hybridized carbons (Fsp3) is 0.545. The van der Waals surface area contributed by atoms with Crippen LogP contribution >= 0.6 is 0 Å². The van der Waals surface area contributed by atoms with Crippen molar-refractivity contribution in [2.24, 2.45) is 10.9 Å². The zero-order chi connectivity index (χ0) is 13.8. The molecule has 0 saturated heterocycles. The van der Waals surface area contributed by atoms with Crippen molar-refractivity contribution in [1.82, 2.24) is 15.1 Å². The van der Waals surface area contributed by atoms with Gasteiger partial charge in [-0.15, -0.1) is 5.10 Å². The van der Waals surface area contributed by atoms with Gasteiger partial charge in [0, 0.05) is 5.54 Å². The van der Waals surface area contributed by atoms with E-state index in [2.05, 4.69) is 15.4 Å². The van der Waals surface area contributed by atoms with E-state index in [9.17, 15) is 0 Å². The van der Waals surface area contributed by atoms with Crippen LogP contribution in [0.2, 0.25) is 0 Å². The van der Waals surface area contributed by atoms with Crippen molar-refractivity contribution >= 4 is 5.84 Å². The lowest BCUT2D eigenvalue weighted by Crippen LogP contribution is -2.43. The highest BCUT2D eigenvalue weighted by Crippen LogP contribution is 2.16. The van der Waals surface area contributed by atoms with Gasteiger partial charge in [0.1, 0.15) is 6.61 Å². The summed E-state index contributed by atoms with van der Waals surface area (Å²) in [4.78, 5) is 2.03. The van der Waals surface area contributed by atoms with E-state index in [1.54, 1.807) is 6.07 Å². The molecule has 1 aromatic heterocycles.